The minimum Gasteiger partial charge on any atom is -0.390 e. The van der Waals surface area contributed by atoms with Crippen molar-refractivity contribution in [2.75, 3.05) is 13.7 Å². The highest BCUT2D eigenvalue weighted by Crippen LogP contribution is 1.97. The van der Waals surface area contributed by atoms with Crippen molar-refractivity contribution < 1.29 is 9.84 Å². The third kappa shape index (κ3) is 2.28. The highest BCUT2D eigenvalue weighted by atomic mass is 16.5. The molecule has 5 nitrogen and oxygen atoms in total. The normalized spacial score (nSPS) is 10.5. The quantitative estimate of drug-likeness (QED) is 0.624. The minimum absolute atomic E-state index is 0.0139. The number of hydrogen-bond donors (Lipinski definition) is 1. The van der Waals surface area contributed by atoms with E-state index in [1.54, 1.807) is 18.0 Å². The number of aryl methyl sites for hydroxylation is 1. The Labute approximate surface area is 71.0 Å². The molecule has 0 amide bonds. The summed E-state index contributed by atoms with van der Waals surface area (Å²) in [7, 11) is 1.66. The first kappa shape index (κ1) is 9.15. The molecule has 1 rings (SSSR count). The molecule has 5 heteroatoms. The summed E-state index contributed by atoms with van der Waals surface area (Å²) in [5.41, 5.74) is 0.742. The van der Waals surface area contributed by atoms with E-state index in [1.807, 2.05) is 0 Å². The van der Waals surface area contributed by atoms with Crippen molar-refractivity contribution >= 4 is 0 Å². The largest absolute Gasteiger partial charge is 0.390 e. The van der Waals surface area contributed by atoms with Crippen LogP contribution in [-0.4, -0.2) is 33.8 Å². The zero-order chi connectivity index (χ0) is 8.81. The number of aromatic nitrogens is 3. The molecule has 1 aromatic heterocycles. The van der Waals surface area contributed by atoms with E-state index < -0.39 is 0 Å². The second-order valence-corrected chi connectivity index (χ2v) is 2.45. The molecule has 0 aromatic carbocycles. The van der Waals surface area contributed by atoms with Crippen molar-refractivity contribution in [1.29, 1.82) is 0 Å². The lowest BCUT2D eigenvalue weighted by molar-refractivity contribution is 0.187. The molecule has 0 aliphatic rings. The SMILES string of the molecule is COCCCn1nncc1CO. The first-order valence-electron chi connectivity index (χ1n) is 3.85. The van der Waals surface area contributed by atoms with Crippen LogP contribution in [0.4, 0.5) is 0 Å². The monoisotopic (exact) mass is 171 g/mol. The Morgan fingerprint density at radius 2 is 2.50 bits per heavy atom. The fraction of sp³-hybridized carbons (Fsp3) is 0.714. The Morgan fingerprint density at radius 1 is 1.67 bits per heavy atom. The van der Waals surface area contributed by atoms with E-state index in [-0.39, 0.29) is 6.61 Å². The number of aliphatic hydroxyl groups excluding tert-OH is 1. The molecule has 0 atom stereocenters. The van der Waals surface area contributed by atoms with Gasteiger partial charge in [0.25, 0.3) is 0 Å². The van der Waals surface area contributed by atoms with Gasteiger partial charge < -0.3 is 9.84 Å². The fourth-order valence-corrected chi connectivity index (χ4v) is 0.948. The summed E-state index contributed by atoms with van der Waals surface area (Å²) in [5.74, 6) is 0. The zero-order valence-electron chi connectivity index (χ0n) is 7.10. The van der Waals surface area contributed by atoms with Gasteiger partial charge in [-0.1, -0.05) is 5.21 Å². The topological polar surface area (TPSA) is 60.2 Å². The number of hydrogen-bond acceptors (Lipinski definition) is 4. The highest BCUT2D eigenvalue weighted by Gasteiger charge is 2.00. The summed E-state index contributed by atoms with van der Waals surface area (Å²) in [4.78, 5) is 0. The molecule has 0 spiro atoms. The molecule has 0 saturated carbocycles. The standard InChI is InChI=1S/C7H13N3O2/c1-12-4-2-3-10-7(6-11)5-8-9-10/h5,11H,2-4,6H2,1H3. The first-order valence-corrected chi connectivity index (χ1v) is 3.85. The average Bonchev–Trinajstić information content (AvgIpc) is 2.52. The van der Waals surface area contributed by atoms with E-state index in [9.17, 15) is 0 Å². The van der Waals surface area contributed by atoms with Crippen molar-refractivity contribution in [3.63, 3.8) is 0 Å². The maximum absolute atomic E-state index is 8.83. The average molecular weight is 171 g/mol. The van der Waals surface area contributed by atoms with Crippen LogP contribution in [0.15, 0.2) is 6.20 Å². The number of ether oxygens (including phenoxy) is 1. The van der Waals surface area contributed by atoms with Gasteiger partial charge in [0.05, 0.1) is 18.5 Å². The van der Waals surface area contributed by atoms with Gasteiger partial charge in [-0.2, -0.15) is 0 Å². The van der Waals surface area contributed by atoms with Gasteiger partial charge in [-0.25, -0.2) is 4.68 Å². The molecule has 0 bridgehead atoms. The van der Waals surface area contributed by atoms with E-state index in [2.05, 4.69) is 10.3 Å². The Kier molecular flexibility index (Phi) is 3.69. The maximum Gasteiger partial charge on any atom is 0.0866 e. The summed E-state index contributed by atoms with van der Waals surface area (Å²) in [6.07, 6.45) is 2.44. The van der Waals surface area contributed by atoms with Crippen molar-refractivity contribution in [1.82, 2.24) is 15.0 Å². The first-order chi connectivity index (χ1) is 5.88. The van der Waals surface area contributed by atoms with Crippen LogP contribution in [0.2, 0.25) is 0 Å². The molecule has 1 N–H and O–H groups in total. The van der Waals surface area contributed by atoms with E-state index >= 15 is 0 Å². The second-order valence-electron chi connectivity index (χ2n) is 2.45. The van der Waals surface area contributed by atoms with Crippen LogP contribution < -0.4 is 0 Å². The lowest BCUT2D eigenvalue weighted by atomic mass is 10.4. The van der Waals surface area contributed by atoms with Crippen LogP contribution in [0.1, 0.15) is 12.1 Å². The van der Waals surface area contributed by atoms with Crippen molar-refractivity contribution in [3.8, 4) is 0 Å². The van der Waals surface area contributed by atoms with Gasteiger partial charge in [-0.15, -0.1) is 5.10 Å². The van der Waals surface area contributed by atoms with E-state index in [1.165, 1.54) is 0 Å². The molecule has 0 radical (unpaired) electrons. The maximum atomic E-state index is 8.83. The van der Waals surface area contributed by atoms with Gasteiger partial charge >= 0.3 is 0 Å². The molecular weight excluding hydrogens is 158 g/mol. The predicted octanol–water partition coefficient (Wildman–Crippen LogP) is -0.193. The lowest BCUT2D eigenvalue weighted by Crippen LogP contribution is -2.07. The Bertz CT molecular complexity index is 224. The number of aliphatic hydroxyl groups is 1. The molecular formula is C7H13N3O2. The van der Waals surface area contributed by atoms with Gasteiger partial charge in [0.2, 0.25) is 0 Å². The third-order valence-electron chi connectivity index (χ3n) is 1.58. The van der Waals surface area contributed by atoms with Crippen LogP contribution in [-0.2, 0) is 17.9 Å². The van der Waals surface area contributed by atoms with Crippen LogP contribution in [0.25, 0.3) is 0 Å². The summed E-state index contributed by atoms with van der Waals surface area (Å²) in [6, 6.07) is 0. The molecule has 0 unspecified atom stereocenters. The van der Waals surface area contributed by atoms with Gasteiger partial charge in [0.1, 0.15) is 0 Å². The Morgan fingerprint density at radius 3 is 3.17 bits per heavy atom. The van der Waals surface area contributed by atoms with Crippen LogP contribution in [0.5, 0.6) is 0 Å². The molecule has 0 aliphatic carbocycles. The predicted molar refractivity (Wildman–Crippen MR) is 42.4 cm³/mol. The number of nitrogens with zero attached hydrogens (tertiary/aromatic N) is 3. The Hall–Kier alpha value is -0.940. The second kappa shape index (κ2) is 4.84. The summed E-state index contributed by atoms with van der Waals surface area (Å²) in [5, 5.41) is 16.3. The van der Waals surface area contributed by atoms with E-state index in [0.717, 1.165) is 18.7 Å². The smallest absolute Gasteiger partial charge is 0.0866 e. The zero-order valence-corrected chi connectivity index (χ0v) is 7.10. The van der Waals surface area contributed by atoms with Gasteiger partial charge in [-0.3, -0.25) is 0 Å². The molecule has 0 fully saturated rings. The fourth-order valence-electron chi connectivity index (χ4n) is 0.948. The highest BCUT2D eigenvalue weighted by molar-refractivity contribution is 4.90. The van der Waals surface area contributed by atoms with Gasteiger partial charge in [-0.05, 0) is 6.42 Å². The van der Waals surface area contributed by atoms with Crippen LogP contribution >= 0.6 is 0 Å². The van der Waals surface area contributed by atoms with Crippen LogP contribution in [0, 0.1) is 0 Å². The molecule has 0 saturated heterocycles. The van der Waals surface area contributed by atoms with E-state index in [4.69, 9.17) is 9.84 Å². The van der Waals surface area contributed by atoms with Crippen molar-refractivity contribution in [2.24, 2.45) is 0 Å². The van der Waals surface area contributed by atoms with Gasteiger partial charge in [0.15, 0.2) is 0 Å². The summed E-state index contributed by atoms with van der Waals surface area (Å²) >= 11 is 0. The number of methoxy groups -OCH3 is 1. The lowest BCUT2D eigenvalue weighted by Gasteiger charge is -2.02. The molecule has 1 heterocycles. The molecule has 1 aromatic rings. The Balaban J connectivity index is 2.39. The van der Waals surface area contributed by atoms with E-state index in [0.29, 0.717) is 6.61 Å². The van der Waals surface area contributed by atoms with Crippen molar-refractivity contribution in [3.05, 3.63) is 11.9 Å². The molecule has 12 heavy (non-hydrogen) atoms. The minimum atomic E-state index is -0.0139. The molecule has 0 aliphatic heterocycles. The molecule has 68 valence electrons. The van der Waals surface area contributed by atoms with Crippen molar-refractivity contribution in [2.45, 2.75) is 19.6 Å². The third-order valence-corrected chi connectivity index (χ3v) is 1.58. The summed E-state index contributed by atoms with van der Waals surface area (Å²) in [6.45, 7) is 1.43. The summed E-state index contributed by atoms with van der Waals surface area (Å²) < 4.78 is 6.57. The number of rotatable bonds is 5. The van der Waals surface area contributed by atoms with Gasteiger partial charge in [0, 0.05) is 20.3 Å². The van der Waals surface area contributed by atoms with Crippen LogP contribution in [0.3, 0.4) is 0 Å².